The van der Waals surface area contributed by atoms with Gasteiger partial charge >= 0.3 is 0 Å². The number of hydrogen-bond donors (Lipinski definition) is 1. The van der Waals surface area contributed by atoms with Crippen molar-refractivity contribution < 1.29 is 4.39 Å². The van der Waals surface area contributed by atoms with E-state index in [9.17, 15) is 4.39 Å². The molecule has 1 fully saturated rings. The Morgan fingerprint density at radius 2 is 2.12 bits per heavy atom. The van der Waals surface area contributed by atoms with Crippen molar-refractivity contribution in [2.75, 3.05) is 7.05 Å². The van der Waals surface area contributed by atoms with Crippen molar-refractivity contribution in [3.8, 4) is 0 Å². The minimum absolute atomic E-state index is 0.0928. The number of hydrogen-bond acceptors (Lipinski definition) is 1. The van der Waals surface area contributed by atoms with Gasteiger partial charge in [0.2, 0.25) is 0 Å². The van der Waals surface area contributed by atoms with Crippen LogP contribution in [0.4, 0.5) is 4.39 Å². The van der Waals surface area contributed by atoms with Crippen molar-refractivity contribution in [1.29, 1.82) is 0 Å². The molecule has 0 bridgehead atoms. The van der Waals surface area contributed by atoms with Crippen molar-refractivity contribution in [2.24, 2.45) is 0 Å². The number of rotatable bonds is 2. The standard InChI is InChI=1S/C14H20FN/c1-10-8-12(6-7-14(10)15)11-4-3-5-13(9-11)16-2/h6-8,11,13,16H,3-5,9H2,1-2H3. The first-order valence-electron chi connectivity index (χ1n) is 6.14. The summed E-state index contributed by atoms with van der Waals surface area (Å²) in [5.41, 5.74) is 2.07. The van der Waals surface area contributed by atoms with Gasteiger partial charge in [-0.3, -0.25) is 0 Å². The zero-order chi connectivity index (χ0) is 11.5. The van der Waals surface area contributed by atoms with Gasteiger partial charge in [-0.05, 0) is 56.3 Å². The van der Waals surface area contributed by atoms with Crippen LogP contribution in [0.5, 0.6) is 0 Å². The lowest BCUT2D eigenvalue weighted by Gasteiger charge is -2.29. The third-order valence-corrected chi connectivity index (χ3v) is 3.74. The topological polar surface area (TPSA) is 12.0 Å². The number of nitrogens with one attached hydrogen (secondary N) is 1. The summed E-state index contributed by atoms with van der Waals surface area (Å²) < 4.78 is 13.2. The molecule has 1 aliphatic rings. The van der Waals surface area contributed by atoms with Gasteiger partial charge < -0.3 is 5.32 Å². The van der Waals surface area contributed by atoms with Crippen molar-refractivity contribution >= 4 is 0 Å². The number of benzene rings is 1. The summed E-state index contributed by atoms with van der Waals surface area (Å²) in [6.07, 6.45) is 4.96. The van der Waals surface area contributed by atoms with Crippen molar-refractivity contribution in [3.63, 3.8) is 0 Å². The summed E-state index contributed by atoms with van der Waals surface area (Å²) >= 11 is 0. The van der Waals surface area contributed by atoms with Gasteiger partial charge in [0.1, 0.15) is 5.82 Å². The zero-order valence-electron chi connectivity index (χ0n) is 10.1. The minimum atomic E-state index is -0.0928. The van der Waals surface area contributed by atoms with Crippen LogP contribution in [0.25, 0.3) is 0 Å². The Kier molecular flexibility index (Phi) is 3.59. The van der Waals surface area contributed by atoms with E-state index in [1.807, 2.05) is 26.1 Å². The number of aryl methyl sites for hydroxylation is 1. The fraction of sp³-hybridized carbons (Fsp3) is 0.571. The third kappa shape index (κ3) is 2.43. The van der Waals surface area contributed by atoms with Gasteiger partial charge in [0.05, 0.1) is 0 Å². The third-order valence-electron chi connectivity index (χ3n) is 3.74. The highest BCUT2D eigenvalue weighted by atomic mass is 19.1. The van der Waals surface area contributed by atoms with Crippen LogP contribution in [0.2, 0.25) is 0 Å². The number of halogens is 1. The summed E-state index contributed by atoms with van der Waals surface area (Å²) in [7, 11) is 2.03. The van der Waals surface area contributed by atoms with Gasteiger partial charge in [-0.25, -0.2) is 4.39 Å². The Labute approximate surface area is 97.1 Å². The zero-order valence-corrected chi connectivity index (χ0v) is 10.1. The predicted molar refractivity (Wildman–Crippen MR) is 65.2 cm³/mol. The Morgan fingerprint density at radius 3 is 2.81 bits per heavy atom. The van der Waals surface area contributed by atoms with E-state index in [0.717, 1.165) is 5.56 Å². The largest absolute Gasteiger partial charge is 0.317 e. The second kappa shape index (κ2) is 4.96. The molecule has 0 radical (unpaired) electrons. The first-order valence-corrected chi connectivity index (χ1v) is 6.14. The minimum Gasteiger partial charge on any atom is -0.317 e. The Balaban J connectivity index is 2.13. The smallest absolute Gasteiger partial charge is 0.126 e. The fourth-order valence-corrected chi connectivity index (χ4v) is 2.68. The Bertz CT molecular complexity index is 362. The van der Waals surface area contributed by atoms with E-state index in [4.69, 9.17) is 0 Å². The van der Waals surface area contributed by atoms with E-state index < -0.39 is 0 Å². The van der Waals surface area contributed by atoms with Crippen LogP contribution in [0.1, 0.15) is 42.7 Å². The highest BCUT2D eigenvalue weighted by Crippen LogP contribution is 2.33. The molecule has 88 valence electrons. The van der Waals surface area contributed by atoms with Gasteiger partial charge in [-0.1, -0.05) is 18.6 Å². The summed E-state index contributed by atoms with van der Waals surface area (Å²) in [5.74, 6) is 0.509. The van der Waals surface area contributed by atoms with E-state index in [1.165, 1.54) is 31.2 Å². The molecule has 0 heterocycles. The first-order chi connectivity index (χ1) is 7.70. The highest BCUT2D eigenvalue weighted by Gasteiger charge is 2.22. The molecular formula is C14H20FN. The quantitative estimate of drug-likeness (QED) is 0.807. The van der Waals surface area contributed by atoms with Crippen molar-refractivity contribution in [3.05, 3.63) is 35.1 Å². The van der Waals surface area contributed by atoms with Crippen LogP contribution in [0.3, 0.4) is 0 Å². The summed E-state index contributed by atoms with van der Waals surface area (Å²) in [4.78, 5) is 0. The van der Waals surface area contributed by atoms with Gasteiger partial charge in [0.25, 0.3) is 0 Å². The van der Waals surface area contributed by atoms with E-state index in [1.54, 1.807) is 6.07 Å². The molecule has 0 aromatic heterocycles. The van der Waals surface area contributed by atoms with Crippen LogP contribution >= 0.6 is 0 Å². The molecule has 1 N–H and O–H groups in total. The van der Waals surface area contributed by atoms with Crippen molar-refractivity contribution in [1.82, 2.24) is 5.32 Å². The highest BCUT2D eigenvalue weighted by molar-refractivity contribution is 5.27. The Hall–Kier alpha value is -0.890. The average Bonchev–Trinajstić information content (AvgIpc) is 2.33. The first kappa shape index (κ1) is 11.6. The molecular weight excluding hydrogens is 201 g/mol. The molecule has 2 rings (SSSR count). The van der Waals surface area contributed by atoms with E-state index in [-0.39, 0.29) is 5.82 Å². The average molecular weight is 221 g/mol. The van der Waals surface area contributed by atoms with Gasteiger partial charge in [-0.2, -0.15) is 0 Å². The second-order valence-corrected chi connectivity index (χ2v) is 4.86. The fourth-order valence-electron chi connectivity index (χ4n) is 2.68. The monoisotopic (exact) mass is 221 g/mol. The Morgan fingerprint density at radius 1 is 1.31 bits per heavy atom. The molecule has 0 aliphatic heterocycles. The van der Waals surface area contributed by atoms with Gasteiger partial charge in [-0.15, -0.1) is 0 Å². The van der Waals surface area contributed by atoms with Crippen molar-refractivity contribution in [2.45, 2.75) is 44.6 Å². The van der Waals surface area contributed by atoms with E-state index in [2.05, 4.69) is 5.32 Å². The molecule has 2 unspecified atom stereocenters. The van der Waals surface area contributed by atoms with E-state index in [0.29, 0.717) is 12.0 Å². The van der Waals surface area contributed by atoms with Gasteiger partial charge in [0, 0.05) is 6.04 Å². The maximum Gasteiger partial charge on any atom is 0.126 e. The predicted octanol–water partition coefficient (Wildman–Crippen LogP) is 3.38. The molecule has 2 heteroatoms. The molecule has 1 saturated carbocycles. The molecule has 1 aliphatic carbocycles. The van der Waals surface area contributed by atoms with Crippen LogP contribution in [-0.4, -0.2) is 13.1 Å². The molecule has 0 saturated heterocycles. The molecule has 16 heavy (non-hydrogen) atoms. The second-order valence-electron chi connectivity index (χ2n) is 4.86. The summed E-state index contributed by atoms with van der Waals surface area (Å²) in [6, 6.07) is 6.20. The maximum absolute atomic E-state index is 13.2. The van der Waals surface area contributed by atoms with Gasteiger partial charge in [0.15, 0.2) is 0 Å². The molecule has 0 spiro atoms. The van der Waals surface area contributed by atoms with Crippen LogP contribution in [-0.2, 0) is 0 Å². The summed E-state index contributed by atoms with van der Waals surface area (Å²) in [6.45, 7) is 1.84. The lowest BCUT2D eigenvalue weighted by Crippen LogP contribution is -2.30. The molecule has 1 aromatic carbocycles. The molecule has 1 aromatic rings. The van der Waals surface area contributed by atoms with E-state index >= 15 is 0 Å². The lowest BCUT2D eigenvalue weighted by atomic mass is 9.81. The molecule has 0 amide bonds. The summed E-state index contributed by atoms with van der Waals surface area (Å²) in [5, 5.41) is 3.36. The maximum atomic E-state index is 13.2. The SMILES string of the molecule is CNC1CCCC(c2ccc(F)c(C)c2)C1. The van der Waals surface area contributed by atoms with Crippen LogP contribution in [0, 0.1) is 12.7 Å². The van der Waals surface area contributed by atoms with Crippen LogP contribution in [0.15, 0.2) is 18.2 Å². The molecule has 1 nitrogen and oxygen atoms in total. The molecule has 2 atom stereocenters. The van der Waals surface area contributed by atoms with Crippen LogP contribution < -0.4 is 5.32 Å². The normalized spacial score (nSPS) is 25.7. The lowest BCUT2D eigenvalue weighted by molar-refractivity contribution is 0.355.